The topological polar surface area (TPSA) is 63.9 Å². The van der Waals surface area contributed by atoms with Crippen LogP contribution in [0.5, 0.6) is 11.5 Å². The molecule has 1 aromatic heterocycles. The zero-order chi connectivity index (χ0) is 18.2. The van der Waals surface area contributed by atoms with Crippen LogP contribution in [0.4, 0.5) is 0 Å². The molecule has 6 heteroatoms. The third-order valence-corrected chi connectivity index (χ3v) is 3.76. The van der Waals surface area contributed by atoms with E-state index in [-0.39, 0.29) is 11.9 Å². The lowest BCUT2D eigenvalue weighted by Gasteiger charge is -2.22. The van der Waals surface area contributed by atoms with Gasteiger partial charge in [-0.05, 0) is 58.3 Å². The van der Waals surface area contributed by atoms with Crippen LogP contribution in [0.2, 0.25) is 0 Å². The summed E-state index contributed by atoms with van der Waals surface area (Å²) in [5.41, 5.74) is 0.531. The molecule has 0 fully saturated rings. The van der Waals surface area contributed by atoms with E-state index in [1.54, 1.807) is 24.5 Å². The van der Waals surface area contributed by atoms with Gasteiger partial charge in [0.2, 0.25) is 0 Å². The largest absolute Gasteiger partial charge is 0.490 e. The van der Waals surface area contributed by atoms with Gasteiger partial charge in [0.25, 0.3) is 5.91 Å². The molecule has 25 heavy (non-hydrogen) atoms. The maximum absolute atomic E-state index is 12.5. The Morgan fingerprint density at radius 3 is 2.48 bits per heavy atom. The highest BCUT2D eigenvalue weighted by Gasteiger charge is 2.19. The van der Waals surface area contributed by atoms with Gasteiger partial charge in [0.15, 0.2) is 11.5 Å². The monoisotopic (exact) mass is 346 g/mol. The molecule has 136 valence electrons. The first-order chi connectivity index (χ1) is 12.1. The molecule has 0 saturated heterocycles. The molecule has 6 nitrogen and oxygen atoms in total. The van der Waals surface area contributed by atoms with Crippen molar-refractivity contribution < 1.29 is 18.7 Å². The fourth-order valence-electron chi connectivity index (χ4n) is 2.50. The molecule has 0 spiro atoms. The molecule has 1 heterocycles. The SMILES string of the molecule is CCOc1ccc(C(=O)NC[C@H](c2ccco2)N(C)C)cc1OCC. The van der Waals surface area contributed by atoms with Gasteiger partial charge in [0.1, 0.15) is 5.76 Å². The van der Waals surface area contributed by atoms with Crippen molar-refractivity contribution in [1.29, 1.82) is 0 Å². The molecule has 0 aliphatic heterocycles. The summed E-state index contributed by atoms with van der Waals surface area (Å²) in [6, 6.07) is 8.92. The van der Waals surface area contributed by atoms with Crippen molar-refractivity contribution in [2.45, 2.75) is 19.9 Å². The van der Waals surface area contributed by atoms with Crippen LogP contribution in [-0.4, -0.2) is 44.7 Å². The van der Waals surface area contributed by atoms with Crippen LogP contribution in [0.15, 0.2) is 41.0 Å². The Balaban J connectivity index is 2.08. The summed E-state index contributed by atoms with van der Waals surface area (Å²) in [6.07, 6.45) is 1.63. The normalized spacial score (nSPS) is 12.0. The van der Waals surface area contributed by atoms with E-state index in [1.165, 1.54) is 0 Å². The van der Waals surface area contributed by atoms with Crippen LogP contribution in [-0.2, 0) is 0 Å². The zero-order valence-corrected chi connectivity index (χ0v) is 15.2. The third kappa shape index (κ3) is 5.00. The first-order valence-corrected chi connectivity index (χ1v) is 8.44. The summed E-state index contributed by atoms with van der Waals surface area (Å²) in [5, 5.41) is 2.95. The number of amides is 1. The molecule has 0 aliphatic rings. The van der Waals surface area contributed by atoms with Crippen LogP contribution in [0.3, 0.4) is 0 Å². The maximum atomic E-state index is 12.5. The number of nitrogens with one attached hydrogen (secondary N) is 1. The Morgan fingerprint density at radius 1 is 1.16 bits per heavy atom. The number of benzene rings is 1. The van der Waals surface area contributed by atoms with E-state index in [0.29, 0.717) is 36.8 Å². The Kier molecular flexibility index (Phi) is 6.89. The van der Waals surface area contributed by atoms with Crippen molar-refractivity contribution in [3.8, 4) is 11.5 Å². The van der Waals surface area contributed by atoms with Gasteiger partial charge in [-0.1, -0.05) is 0 Å². The van der Waals surface area contributed by atoms with Crippen molar-refractivity contribution in [3.05, 3.63) is 47.9 Å². The highest BCUT2D eigenvalue weighted by Crippen LogP contribution is 2.28. The number of hydrogen-bond donors (Lipinski definition) is 1. The van der Waals surface area contributed by atoms with Gasteiger partial charge >= 0.3 is 0 Å². The molecule has 0 aliphatic carbocycles. The van der Waals surface area contributed by atoms with Crippen molar-refractivity contribution >= 4 is 5.91 Å². The standard InChI is InChI=1S/C19H26N2O4/c1-5-23-17-10-9-14(12-18(17)24-6-2)19(22)20-13-15(21(3)4)16-8-7-11-25-16/h7-12,15H,5-6,13H2,1-4H3,(H,20,22)/t15-/m1/s1. The van der Waals surface area contributed by atoms with Crippen LogP contribution in [0, 0.1) is 0 Å². The number of rotatable bonds is 9. The lowest BCUT2D eigenvalue weighted by atomic mass is 10.1. The summed E-state index contributed by atoms with van der Waals surface area (Å²) in [6.45, 7) is 5.29. The van der Waals surface area contributed by atoms with Gasteiger partial charge < -0.3 is 19.2 Å². The van der Waals surface area contributed by atoms with E-state index in [1.807, 2.05) is 45.0 Å². The predicted octanol–water partition coefficient (Wildman–Crippen LogP) is 3.11. The number of carbonyl (C=O) groups is 1. The lowest BCUT2D eigenvalue weighted by molar-refractivity contribution is 0.0938. The molecule has 1 atom stereocenters. The number of carbonyl (C=O) groups excluding carboxylic acids is 1. The van der Waals surface area contributed by atoms with E-state index >= 15 is 0 Å². The van der Waals surface area contributed by atoms with Crippen molar-refractivity contribution in [2.75, 3.05) is 33.9 Å². The van der Waals surface area contributed by atoms with Gasteiger partial charge in [-0.25, -0.2) is 0 Å². The number of nitrogens with zero attached hydrogens (tertiary/aromatic N) is 1. The third-order valence-electron chi connectivity index (χ3n) is 3.76. The van der Waals surface area contributed by atoms with Crippen LogP contribution < -0.4 is 14.8 Å². The number of hydrogen-bond acceptors (Lipinski definition) is 5. The lowest BCUT2D eigenvalue weighted by Crippen LogP contribution is -2.34. The summed E-state index contributed by atoms with van der Waals surface area (Å²) in [4.78, 5) is 14.5. The Morgan fingerprint density at radius 2 is 1.88 bits per heavy atom. The van der Waals surface area contributed by atoms with Crippen LogP contribution in [0.25, 0.3) is 0 Å². The molecular weight excluding hydrogens is 320 g/mol. The van der Waals surface area contributed by atoms with Gasteiger partial charge in [-0.3, -0.25) is 9.69 Å². The van der Waals surface area contributed by atoms with Gasteiger partial charge in [0.05, 0.1) is 25.5 Å². The molecule has 0 radical (unpaired) electrons. The van der Waals surface area contributed by atoms with Gasteiger partial charge in [-0.15, -0.1) is 0 Å². The Hall–Kier alpha value is -2.47. The molecule has 1 amide bonds. The minimum absolute atomic E-state index is 0.0342. The van der Waals surface area contributed by atoms with Crippen molar-refractivity contribution in [3.63, 3.8) is 0 Å². The molecule has 0 bridgehead atoms. The van der Waals surface area contributed by atoms with E-state index in [2.05, 4.69) is 5.32 Å². The van der Waals surface area contributed by atoms with E-state index in [0.717, 1.165) is 5.76 Å². The molecule has 2 aromatic rings. The van der Waals surface area contributed by atoms with E-state index < -0.39 is 0 Å². The zero-order valence-electron chi connectivity index (χ0n) is 15.2. The second kappa shape index (κ2) is 9.13. The van der Waals surface area contributed by atoms with E-state index in [4.69, 9.17) is 13.9 Å². The van der Waals surface area contributed by atoms with Crippen LogP contribution in [0.1, 0.15) is 36.0 Å². The van der Waals surface area contributed by atoms with Crippen molar-refractivity contribution in [2.24, 2.45) is 0 Å². The average molecular weight is 346 g/mol. The second-order valence-electron chi connectivity index (χ2n) is 5.73. The first-order valence-electron chi connectivity index (χ1n) is 8.44. The molecule has 0 unspecified atom stereocenters. The minimum atomic E-state index is -0.164. The minimum Gasteiger partial charge on any atom is -0.490 e. The average Bonchev–Trinajstić information content (AvgIpc) is 3.10. The highest BCUT2D eigenvalue weighted by atomic mass is 16.5. The molecule has 1 N–H and O–H groups in total. The highest BCUT2D eigenvalue weighted by molar-refractivity contribution is 5.94. The first kappa shape index (κ1) is 18.9. The summed E-state index contributed by atoms with van der Waals surface area (Å²) >= 11 is 0. The fraction of sp³-hybridized carbons (Fsp3) is 0.421. The smallest absolute Gasteiger partial charge is 0.251 e. The number of furan rings is 1. The van der Waals surface area contributed by atoms with E-state index in [9.17, 15) is 4.79 Å². The van der Waals surface area contributed by atoms with Crippen LogP contribution >= 0.6 is 0 Å². The van der Waals surface area contributed by atoms with Crippen molar-refractivity contribution in [1.82, 2.24) is 10.2 Å². The summed E-state index contributed by atoms with van der Waals surface area (Å²) in [7, 11) is 3.90. The molecule has 2 rings (SSSR count). The summed E-state index contributed by atoms with van der Waals surface area (Å²) < 4.78 is 16.6. The predicted molar refractivity (Wildman–Crippen MR) is 96.2 cm³/mol. The maximum Gasteiger partial charge on any atom is 0.251 e. The van der Waals surface area contributed by atoms with Gasteiger partial charge in [-0.2, -0.15) is 0 Å². The fourth-order valence-corrected chi connectivity index (χ4v) is 2.50. The quantitative estimate of drug-likeness (QED) is 0.756. The second-order valence-corrected chi connectivity index (χ2v) is 5.73. The van der Waals surface area contributed by atoms with Gasteiger partial charge in [0, 0.05) is 12.1 Å². The number of ether oxygens (including phenoxy) is 2. The molecule has 1 aromatic carbocycles. The number of likely N-dealkylation sites (N-methyl/N-ethyl adjacent to an activating group) is 1. The molecule has 0 saturated carbocycles. The Bertz CT molecular complexity index is 668. The molecular formula is C19H26N2O4. The Labute approximate surface area is 148 Å². The summed E-state index contributed by atoms with van der Waals surface area (Å²) in [5.74, 6) is 1.87.